The lowest BCUT2D eigenvalue weighted by Gasteiger charge is -1.98. The zero-order valence-electron chi connectivity index (χ0n) is 5.98. The zero-order chi connectivity index (χ0) is 7.28. The normalized spacial score (nSPS) is 13.2. The third kappa shape index (κ3) is 8.15. The van der Waals surface area contributed by atoms with Crippen molar-refractivity contribution >= 4 is 21.7 Å². The highest BCUT2D eigenvalue weighted by atomic mass is 79.9. The van der Waals surface area contributed by atoms with E-state index >= 15 is 0 Å². The van der Waals surface area contributed by atoms with Crippen molar-refractivity contribution in [3.8, 4) is 0 Å². The van der Waals surface area contributed by atoms with Crippen molar-refractivity contribution in [2.45, 2.75) is 37.9 Å². The molecule has 0 spiro atoms. The molecule has 2 heteroatoms. The van der Waals surface area contributed by atoms with Gasteiger partial charge in [-0.1, -0.05) is 22.9 Å². The Kier molecular flexibility index (Phi) is 5.06. The highest BCUT2D eigenvalue weighted by Gasteiger charge is 1.96. The molecule has 1 nitrogen and oxygen atoms in total. The van der Waals surface area contributed by atoms with Crippen LogP contribution in [-0.2, 0) is 4.79 Å². The van der Waals surface area contributed by atoms with Gasteiger partial charge in [0.25, 0.3) is 0 Å². The first kappa shape index (κ1) is 9.15. The topological polar surface area (TPSA) is 17.1 Å². The van der Waals surface area contributed by atoms with Crippen LogP contribution >= 0.6 is 15.9 Å². The maximum absolute atomic E-state index is 10.4. The summed E-state index contributed by atoms with van der Waals surface area (Å²) in [5.74, 6) is 0.295. The smallest absolute Gasteiger partial charge is 0.129 e. The van der Waals surface area contributed by atoms with Crippen LogP contribution in [0.4, 0.5) is 0 Å². The molecule has 54 valence electrons. The largest absolute Gasteiger partial charge is 0.300 e. The second-order valence-electron chi connectivity index (χ2n) is 2.38. The number of ketones is 1. The van der Waals surface area contributed by atoms with Gasteiger partial charge in [-0.05, 0) is 19.8 Å². The molecule has 0 aromatic rings. The molecule has 0 saturated carbocycles. The van der Waals surface area contributed by atoms with E-state index in [1.807, 2.05) is 0 Å². The van der Waals surface area contributed by atoms with Gasteiger partial charge in [0.15, 0.2) is 0 Å². The maximum Gasteiger partial charge on any atom is 0.129 e. The summed E-state index contributed by atoms with van der Waals surface area (Å²) in [6, 6.07) is 0. The van der Waals surface area contributed by atoms with E-state index in [1.165, 1.54) is 0 Å². The first-order valence-corrected chi connectivity index (χ1v) is 4.18. The van der Waals surface area contributed by atoms with Gasteiger partial charge in [-0.3, -0.25) is 0 Å². The summed E-state index contributed by atoms with van der Waals surface area (Å²) in [6.45, 7) is 3.74. The minimum absolute atomic E-state index is 0.295. The Bertz CT molecular complexity index is 88.9. The maximum atomic E-state index is 10.4. The fraction of sp³-hybridized carbons (Fsp3) is 0.857. The van der Waals surface area contributed by atoms with Crippen molar-refractivity contribution in [2.24, 2.45) is 0 Å². The summed E-state index contributed by atoms with van der Waals surface area (Å²) < 4.78 is 0. The van der Waals surface area contributed by atoms with Gasteiger partial charge in [-0.25, -0.2) is 0 Å². The van der Waals surface area contributed by atoms with Gasteiger partial charge in [0.1, 0.15) is 5.78 Å². The Morgan fingerprint density at radius 3 is 2.56 bits per heavy atom. The van der Waals surface area contributed by atoms with Gasteiger partial charge >= 0.3 is 0 Å². The fourth-order valence-corrected chi connectivity index (χ4v) is 0.956. The van der Waals surface area contributed by atoms with Crippen LogP contribution in [0.1, 0.15) is 33.1 Å². The molecule has 0 aromatic heterocycles. The number of rotatable bonds is 4. The summed E-state index contributed by atoms with van der Waals surface area (Å²) in [5.41, 5.74) is 0. The second kappa shape index (κ2) is 4.98. The highest BCUT2D eigenvalue weighted by Crippen LogP contribution is 2.07. The number of carbonyl (C=O) groups is 1. The van der Waals surface area contributed by atoms with Crippen LogP contribution in [0, 0.1) is 0 Å². The molecule has 0 aromatic carbocycles. The van der Waals surface area contributed by atoms with Gasteiger partial charge in [0.2, 0.25) is 0 Å². The van der Waals surface area contributed by atoms with E-state index in [0.717, 1.165) is 19.3 Å². The van der Waals surface area contributed by atoms with Crippen LogP contribution in [0.5, 0.6) is 0 Å². The Balaban J connectivity index is 3.01. The molecule has 0 heterocycles. The van der Waals surface area contributed by atoms with Crippen LogP contribution in [0.15, 0.2) is 0 Å². The summed E-state index contributed by atoms with van der Waals surface area (Å²) >= 11 is 3.41. The van der Waals surface area contributed by atoms with E-state index in [-0.39, 0.29) is 0 Å². The summed E-state index contributed by atoms with van der Waals surface area (Å²) in [6.07, 6.45) is 2.84. The summed E-state index contributed by atoms with van der Waals surface area (Å²) in [4.78, 5) is 11.0. The van der Waals surface area contributed by atoms with Crippen LogP contribution in [0.2, 0.25) is 0 Å². The van der Waals surface area contributed by atoms with Crippen molar-refractivity contribution in [2.75, 3.05) is 0 Å². The number of alkyl halides is 1. The molecule has 0 amide bonds. The Morgan fingerprint density at radius 1 is 1.67 bits per heavy atom. The van der Waals surface area contributed by atoms with Crippen molar-refractivity contribution in [1.29, 1.82) is 0 Å². The minimum atomic E-state index is 0.295. The highest BCUT2D eigenvalue weighted by molar-refractivity contribution is 9.09. The lowest BCUT2D eigenvalue weighted by atomic mass is 10.2. The molecule has 0 N–H and O–H groups in total. The van der Waals surface area contributed by atoms with E-state index in [0.29, 0.717) is 10.6 Å². The van der Waals surface area contributed by atoms with E-state index in [2.05, 4.69) is 22.9 Å². The number of hydrogen-bond acceptors (Lipinski definition) is 1. The molecule has 0 aliphatic rings. The lowest BCUT2D eigenvalue weighted by molar-refractivity contribution is -0.117. The fourth-order valence-electron chi connectivity index (χ4n) is 0.632. The average Bonchev–Trinajstić information content (AvgIpc) is 1.63. The van der Waals surface area contributed by atoms with Crippen LogP contribution in [0.25, 0.3) is 0 Å². The van der Waals surface area contributed by atoms with Gasteiger partial charge in [0, 0.05) is 11.2 Å². The van der Waals surface area contributed by atoms with Gasteiger partial charge in [0.05, 0.1) is 0 Å². The number of carbonyl (C=O) groups excluding carboxylic acids is 1. The minimum Gasteiger partial charge on any atom is -0.300 e. The molecular weight excluding hydrogens is 180 g/mol. The summed E-state index contributed by atoms with van der Waals surface area (Å²) in [7, 11) is 0. The third-order valence-corrected chi connectivity index (χ3v) is 1.59. The Hall–Kier alpha value is 0.150. The molecule has 0 aliphatic carbocycles. The Morgan fingerprint density at radius 2 is 2.22 bits per heavy atom. The predicted molar refractivity (Wildman–Crippen MR) is 42.9 cm³/mol. The lowest BCUT2D eigenvalue weighted by Crippen LogP contribution is -1.94. The molecule has 0 unspecified atom stereocenters. The van der Waals surface area contributed by atoms with Crippen molar-refractivity contribution in [3.63, 3.8) is 0 Å². The molecule has 0 aliphatic heterocycles. The van der Waals surface area contributed by atoms with E-state index < -0.39 is 0 Å². The molecule has 0 fully saturated rings. The average molecular weight is 193 g/mol. The SMILES string of the molecule is CC(=O)CCC[C@H](C)Br. The molecule has 0 saturated heterocycles. The molecule has 0 radical (unpaired) electrons. The van der Waals surface area contributed by atoms with Crippen molar-refractivity contribution in [3.05, 3.63) is 0 Å². The molecule has 0 rings (SSSR count). The third-order valence-electron chi connectivity index (χ3n) is 1.13. The van der Waals surface area contributed by atoms with Gasteiger partial charge in [-0.2, -0.15) is 0 Å². The monoisotopic (exact) mass is 192 g/mol. The van der Waals surface area contributed by atoms with E-state index in [1.54, 1.807) is 6.92 Å². The second-order valence-corrected chi connectivity index (χ2v) is 3.94. The summed E-state index contributed by atoms with van der Waals surface area (Å²) in [5, 5.41) is 0. The van der Waals surface area contributed by atoms with Gasteiger partial charge < -0.3 is 4.79 Å². The van der Waals surface area contributed by atoms with Gasteiger partial charge in [-0.15, -0.1) is 0 Å². The van der Waals surface area contributed by atoms with Crippen molar-refractivity contribution in [1.82, 2.24) is 0 Å². The van der Waals surface area contributed by atoms with Crippen LogP contribution in [-0.4, -0.2) is 10.6 Å². The first-order valence-electron chi connectivity index (χ1n) is 3.26. The molecule has 1 atom stereocenters. The quantitative estimate of drug-likeness (QED) is 0.627. The Labute approximate surface area is 65.0 Å². The van der Waals surface area contributed by atoms with Crippen LogP contribution in [0.3, 0.4) is 0 Å². The number of hydrogen-bond donors (Lipinski definition) is 0. The van der Waals surface area contributed by atoms with E-state index in [4.69, 9.17) is 0 Å². The molecule has 0 bridgehead atoms. The van der Waals surface area contributed by atoms with Crippen molar-refractivity contribution < 1.29 is 4.79 Å². The first-order chi connectivity index (χ1) is 4.13. The van der Waals surface area contributed by atoms with E-state index in [9.17, 15) is 4.79 Å². The number of Topliss-reactive ketones (excluding diaryl/α,β-unsaturated/α-hetero) is 1. The number of halogens is 1. The molecular formula is C7H13BrO. The predicted octanol–water partition coefficient (Wildman–Crippen LogP) is 2.53. The standard InChI is InChI=1S/C7H13BrO/c1-6(8)4-3-5-7(2)9/h6H,3-5H2,1-2H3/t6-/m0/s1. The zero-order valence-corrected chi connectivity index (χ0v) is 7.57. The van der Waals surface area contributed by atoms with Crippen LogP contribution < -0.4 is 0 Å². The molecule has 9 heavy (non-hydrogen) atoms.